The van der Waals surface area contributed by atoms with E-state index in [-0.39, 0.29) is 41.6 Å². The van der Waals surface area contributed by atoms with Crippen LogP contribution in [0.2, 0.25) is 0 Å². The lowest BCUT2D eigenvalue weighted by atomic mass is 9.75. The number of rotatable bonds is 8. The van der Waals surface area contributed by atoms with E-state index in [1.807, 2.05) is 23.1 Å². The molecule has 38 heavy (non-hydrogen) atoms. The molecule has 3 fully saturated rings. The highest BCUT2D eigenvalue weighted by molar-refractivity contribution is 5.95. The molecule has 1 aliphatic heterocycles. The summed E-state index contributed by atoms with van der Waals surface area (Å²) in [6.07, 6.45) is 9.88. The molecule has 8 heteroatoms. The third-order valence-corrected chi connectivity index (χ3v) is 9.51. The zero-order valence-electron chi connectivity index (χ0n) is 22.0. The fraction of sp³-hybridized carbons (Fsp3) is 0.633. The Kier molecular flexibility index (Phi) is 8.17. The van der Waals surface area contributed by atoms with Gasteiger partial charge in [-0.1, -0.05) is 38.2 Å². The lowest BCUT2D eigenvalue weighted by Gasteiger charge is -2.37. The highest BCUT2D eigenvalue weighted by Gasteiger charge is 2.46. The smallest absolute Gasteiger partial charge is 0.352 e. The Hall–Kier alpha value is -2.74. The second-order valence-electron chi connectivity index (χ2n) is 11.8. The molecule has 0 radical (unpaired) electrons. The van der Waals surface area contributed by atoms with Crippen LogP contribution in [-0.2, 0) is 16.0 Å². The average Bonchev–Trinajstić information content (AvgIpc) is 3.58. The fourth-order valence-corrected chi connectivity index (χ4v) is 7.40. The molecule has 7 nitrogen and oxygen atoms in total. The fourth-order valence-electron chi connectivity index (χ4n) is 7.40. The van der Waals surface area contributed by atoms with E-state index in [9.17, 15) is 23.9 Å². The largest absolute Gasteiger partial charge is 0.477 e. The molecule has 4 N–H and O–H groups in total. The van der Waals surface area contributed by atoms with Gasteiger partial charge < -0.3 is 20.7 Å². The average molecular weight is 526 g/mol. The first-order chi connectivity index (χ1) is 18.4. The molecule has 1 unspecified atom stereocenters. The van der Waals surface area contributed by atoms with Gasteiger partial charge >= 0.3 is 5.97 Å². The van der Waals surface area contributed by atoms with Gasteiger partial charge in [-0.25, -0.2) is 9.18 Å². The van der Waals surface area contributed by atoms with Crippen molar-refractivity contribution in [3.8, 4) is 0 Å². The summed E-state index contributed by atoms with van der Waals surface area (Å²) in [7, 11) is 0. The number of carboxylic acids is 1. The summed E-state index contributed by atoms with van der Waals surface area (Å²) >= 11 is 0. The normalized spacial score (nSPS) is 27.5. The standard InChI is InChI=1S/C30H40FN3O4/c31-17-24(32)20-7-9-21(10-8-20)29(36)34-13-12-23(19-4-2-1-3-5-19)28(34)27(35)15-18-6-11-25-22(14-18)16-26(33-25)30(37)38/h6,11,14,16,19-21,23-24,28,33H,1-5,7-10,12-13,15,17,32H2,(H,37,38)/t20?,21?,23-,24?,28-/m0/s1. The number of carboxylic acid groups (broad SMARTS) is 1. The predicted molar refractivity (Wildman–Crippen MR) is 144 cm³/mol. The highest BCUT2D eigenvalue weighted by Crippen LogP contribution is 2.41. The van der Waals surface area contributed by atoms with Gasteiger partial charge in [0, 0.05) is 35.8 Å². The number of nitrogens with zero attached hydrogens (tertiary/aromatic N) is 1. The maximum atomic E-state index is 13.9. The third kappa shape index (κ3) is 5.51. The Morgan fingerprint density at radius 1 is 1.03 bits per heavy atom. The van der Waals surface area contributed by atoms with Crippen LogP contribution in [0.25, 0.3) is 10.9 Å². The Bertz CT molecular complexity index is 1170. The zero-order valence-corrected chi connectivity index (χ0v) is 22.0. The molecule has 2 saturated carbocycles. The number of carbonyl (C=O) groups is 3. The van der Waals surface area contributed by atoms with Gasteiger partial charge in [-0.3, -0.25) is 9.59 Å². The predicted octanol–water partition coefficient (Wildman–Crippen LogP) is 4.88. The summed E-state index contributed by atoms with van der Waals surface area (Å²) in [5.41, 5.74) is 7.61. The molecule has 206 valence electrons. The van der Waals surface area contributed by atoms with E-state index in [1.165, 1.54) is 19.3 Å². The molecule has 1 amide bonds. The second kappa shape index (κ2) is 11.6. The van der Waals surface area contributed by atoms with Gasteiger partial charge in [0.2, 0.25) is 5.91 Å². The number of H-pyrrole nitrogens is 1. The van der Waals surface area contributed by atoms with Crippen molar-refractivity contribution in [2.75, 3.05) is 13.2 Å². The molecule has 2 heterocycles. The number of aromatic amines is 1. The maximum Gasteiger partial charge on any atom is 0.352 e. The summed E-state index contributed by atoms with van der Waals surface area (Å²) in [6, 6.07) is 6.30. The van der Waals surface area contributed by atoms with E-state index in [2.05, 4.69) is 4.98 Å². The van der Waals surface area contributed by atoms with Crippen LogP contribution in [0, 0.1) is 23.7 Å². The van der Waals surface area contributed by atoms with Crippen LogP contribution in [0.5, 0.6) is 0 Å². The van der Waals surface area contributed by atoms with Gasteiger partial charge in [-0.15, -0.1) is 0 Å². The van der Waals surface area contributed by atoms with Crippen LogP contribution in [-0.4, -0.2) is 58.0 Å². The zero-order chi connectivity index (χ0) is 26.8. The molecule has 0 bridgehead atoms. The molecule has 1 aromatic carbocycles. The number of hydrogen-bond donors (Lipinski definition) is 3. The lowest BCUT2D eigenvalue weighted by Crippen LogP contribution is -2.48. The van der Waals surface area contributed by atoms with Crippen molar-refractivity contribution in [2.24, 2.45) is 29.4 Å². The van der Waals surface area contributed by atoms with Gasteiger partial charge in [-0.2, -0.15) is 0 Å². The van der Waals surface area contributed by atoms with E-state index in [4.69, 9.17) is 5.73 Å². The number of likely N-dealkylation sites (tertiary alicyclic amines) is 1. The Balaban J connectivity index is 1.34. The monoisotopic (exact) mass is 525 g/mol. The molecule has 1 aromatic heterocycles. The van der Waals surface area contributed by atoms with Crippen molar-refractivity contribution in [1.82, 2.24) is 9.88 Å². The van der Waals surface area contributed by atoms with Gasteiger partial charge in [-0.05, 0) is 73.6 Å². The van der Waals surface area contributed by atoms with Gasteiger partial charge in [0.15, 0.2) is 5.78 Å². The van der Waals surface area contributed by atoms with Crippen LogP contribution < -0.4 is 5.73 Å². The maximum absolute atomic E-state index is 13.9. The van der Waals surface area contributed by atoms with E-state index < -0.39 is 24.7 Å². The van der Waals surface area contributed by atoms with E-state index in [0.29, 0.717) is 25.3 Å². The van der Waals surface area contributed by atoms with E-state index in [0.717, 1.165) is 48.6 Å². The number of alkyl halides is 1. The molecule has 2 aromatic rings. The van der Waals surface area contributed by atoms with Crippen molar-refractivity contribution in [1.29, 1.82) is 0 Å². The van der Waals surface area contributed by atoms with Gasteiger partial charge in [0.1, 0.15) is 12.4 Å². The summed E-state index contributed by atoms with van der Waals surface area (Å²) in [6.45, 7) is 0.0976. The number of nitrogens with two attached hydrogens (primary N) is 1. The third-order valence-electron chi connectivity index (χ3n) is 9.51. The molecular formula is C30H40FN3O4. The number of ketones is 1. The Morgan fingerprint density at radius 3 is 2.45 bits per heavy atom. The number of aromatic nitrogens is 1. The summed E-state index contributed by atoms with van der Waals surface area (Å²) in [5.74, 6) is -0.190. The topological polar surface area (TPSA) is 116 Å². The molecule has 5 rings (SSSR count). The van der Waals surface area contributed by atoms with Crippen LogP contribution in [0.15, 0.2) is 24.3 Å². The van der Waals surface area contributed by atoms with Crippen molar-refractivity contribution in [3.05, 3.63) is 35.5 Å². The van der Waals surface area contributed by atoms with Gasteiger partial charge in [0.25, 0.3) is 0 Å². The van der Waals surface area contributed by atoms with Gasteiger partial charge in [0.05, 0.1) is 6.04 Å². The summed E-state index contributed by atoms with van der Waals surface area (Å²) in [4.78, 5) is 43.9. The van der Waals surface area contributed by atoms with Crippen LogP contribution in [0.1, 0.15) is 80.3 Å². The SMILES string of the molecule is NC(CF)C1CCC(C(=O)N2CC[C@@H](C3CCCCC3)[C@H]2C(=O)Cc2ccc3[nH]c(C(=O)O)cc3c2)CC1. The number of amides is 1. The second-order valence-corrected chi connectivity index (χ2v) is 11.8. The van der Waals surface area contributed by atoms with E-state index in [1.54, 1.807) is 6.07 Å². The number of aromatic carboxylic acids is 1. The minimum Gasteiger partial charge on any atom is -0.477 e. The molecule has 0 spiro atoms. The summed E-state index contributed by atoms with van der Waals surface area (Å²) < 4.78 is 13.1. The highest BCUT2D eigenvalue weighted by atomic mass is 19.1. The minimum absolute atomic E-state index is 0.0768. The number of fused-ring (bicyclic) bond motifs is 1. The Labute approximate surface area is 223 Å². The quantitative estimate of drug-likeness (QED) is 0.454. The number of hydrogen-bond acceptors (Lipinski definition) is 4. The number of benzene rings is 1. The minimum atomic E-state index is -1.02. The molecule has 2 aliphatic carbocycles. The number of halogens is 1. The molecular weight excluding hydrogens is 485 g/mol. The Morgan fingerprint density at radius 2 is 1.76 bits per heavy atom. The van der Waals surface area contributed by atoms with Crippen molar-refractivity contribution < 1.29 is 23.9 Å². The molecule has 1 saturated heterocycles. The van der Waals surface area contributed by atoms with Crippen LogP contribution in [0.3, 0.4) is 0 Å². The van der Waals surface area contributed by atoms with Crippen molar-refractivity contribution in [3.63, 3.8) is 0 Å². The van der Waals surface area contributed by atoms with Crippen molar-refractivity contribution >= 4 is 28.6 Å². The summed E-state index contributed by atoms with van der Waals surface area (Å²) in [5, 5.41) is 10.1. The number of nitrogens with one attached hydrogen (secondary N) is 1. The van der Waals surface area contributed by atoms with E-state index >= 15 is 0 Å². The first kappa shape index (κ1) is 26.9. The van der Waals surface area contributed by atoms with Crippen LogP contribution in [0.4, 0.5) is 4.39 Å². The first-order valence-electron chi connectivity index (χ1n) is 14.4. The van der Waals surface area contributed by atoms with Crippen molar-refractivity contribution in [2.45, 2.75) is 82.7 Å². The van der Waals surface area contributed by atoms with Crippen LogP contribution >= 0.6 is 0 Å². The molecule has 3 atom stereocenters. The number of carbonyl (C=O) groups excluding carboxylic acids is 2. The lowest BCUT2D eigenvalue weighted by molar-refractivity contribution is -0.143. The number of Topliss-reactive ketones (excluding diaryl/α,β-unsaturated/α-hetero) is 1. The molecule has 3 aliphatic rings. The first-order valence-corrected chi connectivity index (χ1v) is 14.4.